The molecule has 7 heterocycles. The van der Waals surface area contributed by atoms with Crippen molar-refractivity contribution in [3.63, 3.8) is 0 Å². The number of halogens is 2. The number of amides is 2. The Morgan fingerprint density at radius 3 is 2.14 bits per heavy atom. The molecule has 3 saturated heterocycles. The first-order chi connectivity index (χ1) is 27.6. The highest BCUT2D eigenvalue weighted by Crippen LogP contribution is 2.55. The lowest BCUT2D eigenvalue weighted by Crippen LogP contribution is -2.43. The average Bonchev–Trinajstić information content (AvgIpc) is 3.94. The Morgan fingerprint density at radius 2 is 1.52 bits per heavy atom. The van der Waals surface area contributed by atoms with Gasteiger partial charge < -0.3 is 38.9 Å². The van der Waals surface area contributed by atoms with Gasteiger partial charge >= 0.3 is 13.4 Å². The van der Waals surface area contributed by atoms with E-state index in [9.17, 15) is 19.4 Å². The minimum absolute atomic E-state index is 0.0163. The molecule has 4 aliphatic heterocycles. The Morgan fingerprint density at radius 1 is 0.914 bits per heavy atom. The first kappa shape index (κ1) is 40.7. The van der Waals surface area contributed by atoms with Crippen LogP contribution in [0.3, 0.4) is 0 Å². The minimum atomic E-state index is -4.37. The summed E-state index contributed by atoms with van der Waals surface area (Å²) < 4.78 is 69.9. The van der Waals surface area contributed by atoms with Gasteiger partial charge in [0, 0.05) is 11.5 Å². The fourth-order valence-electron chi connectivity index (χ4n) is 6.48. The summed E-state index contributed by atoms with van der Waals surface area (Å²) in [5.74, 6) is -1.07. The van der Waals surface area contributed by atoms with E-state index in [4.69, 9.17) is 51.2 Å². The highest BCUT2D eigenvalue weighted by atomic mass is 32.5. The molecule has 2 unspecified atom stereocenters. The number of hydrogen-bond acceptors (Lipinski definition) is 16. The van der Waals surface area contributed by atoms with Crippen LogP contribution >= 0.6 is 13.4 Å². The van der Waals surface area contributed by atoms with E-state index in [2.05, 4.69) is 47.5 Å². The number of hydrogen-bond donors (Lipinski definition) is 5. The van der Waals surface area contributed by atoms with Gasteiger partial charge in [-0.1, -0.05) is 38.6 Å². The molecule has 2 amide bonds. The van der Waals surface area contributed by atoms with Crippen LogP contribution in [-0.2, 0) is 56.0 Å². The van der Waals surface area contributed by atoms with Crippen molar-refractivity contribution in [2.45, 2.75) is 63.1 Å². The number of carbonyl (C=O) groups excluding carboxylic acids is 2. The second-order valence-corrected chi connectivity index (χ2v) is 19.2. The van der Waals surface area contributed by atoms with Crippen LogP contribution in [0.15, 0.2) is 60.9 Å². The summed E-state index contributed by atoms with van der Waals surface area (Å²) in [4.78, 5) is 68.8. The van der Waals surface area contributed by atoms with Crippen molar-refractivity contribution in [2.75, 3.05) is 18.5 Å². The zero-order valence-corrected chi connectivity index (χ0v) is 33.6. The van der Waals surface area contributed by atoms with Crippen LogP contribution in [0.25, 0.3) is 16.9 Å². The van der Waals surface area contributed by atoms with Gasteiger partial charge in [0.1, 0.15) is 36.4 Å². The summed E-state index contributed by atoms with van der Waals surface area (Å²) in [7, 11) is 0. The molecule has 20 nitrogen and oxygen atoms in total. The van der Waals surface area contributed by atoms with E-state index in [1.807, 2.05) is 0 Å². The van der Waals surface area contributed by atoms with Crippen LogP contribution in [0.5, 0.6) is 0 Å². The summed E-state index contributed by atoms with van der Waals surface area (Å²) in [5.41, 5.74) is 1.01. The van der Waals surface area contributed by atoms with E-state index in [1.165, 1.54) is 21.8 Å². The average molecular weight is 883 g/mol. The van der Waals surface area contributed by atoms with Crippen LogP contribution in [0, 0.1) is 5.92 Å². The normalized spacial score (nSPS) is 32.6. The number of aromatic nitrogens is 6. The molecule has 0 saturated carbocycles. The number of anilines is 1. The van der Waals surface area contributed by atoms with Crippen LogP contribution in [0.2, 0.25) is 0 Å². The Labute approximate surface area is 337 Å². The number of imidazole rings is 2. The number of guanidine groups is 1. The van der Waals surface area contributed by atoms with Gasteiger partial charge in [0.15, 0.2) is 47.6 Å². The fraction of sp³-hybridized carbons (Fsp3) is 0.406. The number of alkyl halides is 2. The molecule has 0 spiro atoms. The molecule has 308 valence electrons. The highest BCUT2D eigenvalue weighted by Gasteiger charge is 2.54. The van der Waals surface area contributed by atoms with Crippen molar-refractivity contribution < 1.29 is 55.7 Å². The zero-order chi connectivity index (χ0) is 41.1. The fourth-order valence-corrected chi connectivity index (χ4v) is 9.35. The van der Waals surface area contributed by atoms with Crippen molar-refractivity contribution in [3.05, 3.63) is 67.2 Å². The Kier molecular flexibility index (Phi) is 11.1. The highest BCUT2D eigenvalue weighted by molar-refractivity contribution is 8.07. The Bertz CT molecular complexity index is 2410. The van der Waals surface area contributed by atoms with Gasteiger partial charge in [-0.05, 0) is 35.7 Å². The van der Waals surface area contributed by atoms with Crippen molar-refractivity contribution in [1.29, 1.82) is 0 Å². The number of nitrogens with one attached hydrogen (secondary N) is 3. The molecule has 4 aliphatic rings. The predicted molar refractivity (Wildman–Crippen MR) is 206 cm³/mol. The second kappa shape index (κ2) is 15.9. The number of fused-ring (bicyclic) bond motifs is 4. The molecular weight excluding hydrogens is 848 g/mol. The summed E-state index contributed by atoms with van der Waals surface area (Å²) in [6, 6.07) is 8.36. The van der Waals surface area contributed by atoms with E-state index >= 15 is 8.78 Å². The molecule has 5 N–H and O–H groups in total. The first-order valence-electron chi connectivity index (χ1n) is 17.5. The molecule has 4 aromatic rings. The minimum Gasteiger partial charge on any atom is -0.346 e. The van der Waals surface area contributed by atoms with Crippen molar-refractivity contribution >= 4 is 83.3 Å². The van der Waals surface area contributed by atoms with Crippen LogP contribution in [0.4, 0.5) is 20.4 Å². The second-order valence-electron chi connectivity index (χ2n) is 13.6. The van der Waals surface area contributed by atoms with E-state index in [0.717, 1.165) is 6.33 Å². The quantitative estimate of drug-likeness (QED) is 0.181. The Hall–Kier alpha value is -4.03. The third-order valence-electron chi connectivity index (χ3n) is 9.33. The molecule has 8 rings (SSSR count). The molecule has 0 aliphatic carbocycles. The first-order valence-corrected chi connectivity index (χ1v) is 22.6. The summed E-state index contributed by atoms with van der Waals surface area (Å²) >= 11 is 10.5. The third-order valence-corrected chi connectivity index (χ3v) is 12.4. The molecule has 0 bridgehead atoms. The maximum absolute atomic E-state index is 16.5. The standard InChI is InChI=1S/C32H34F2N10O10P2S2/c1-14(2)28(45)42-32-39-15(3)21-27(41-32)44(12-37-21)31-20(34)24-18(52-31)10-50-55(47,57)53-23-17(9-49-56(48,58)54-24)51-30(19(23)33)43-13-38-22-25(35-11-36-26(22)43)40-29(46)16-7-5-4-6-8-16/h4-8,11-14,17-20,23-24,30-31H,3,9-10H2,1-2H3,(H,47,57)(H,48,58)(H,35,36,40,46)(H2,39,41,42,45)/t17-,18-,19-,20-,23-,24-,30-,31-,55?,56?/m1/s1. The maximum Gasteiger partial charge on any atom is 0.325 e. The molecule has 26 heteroatoms. The molecule has 10 atom stereocenters. The molecule has 58 heavy (non-hydrogen) atoms. The van der Waals surface area contributed by atoms with Gasteiger partial charge in [0.05, 0.1) is 31.6 Å². The smallest absolute Gasteiger partial charge is 0.325 e. The molecule has 3 fully saturated rings. The summed E-state index contributed by atoms with van der Waals surface area (Å²) in [6.07, 6.45) is -9.79. The number of aliphatic imine (C=N–C) groups is 1. The van der Waals surface area contributed by atoms with Crippen LogP contribution in [0.1, 0.15) is 42.4 Å². The number of carbonyl (C=O) groups is 2. The number of ether oxygens (including phenoxy) is 2. The summed E-state index contributed by atoms with van der Waals surface area (Å²) in [6.45, 7) is -2.80. The van der Waals surface area contributed by atoms with Crippen LogP contribution in [-0.4, -0.2) is 107 Å². The number of nitrogens with zero attached hydrogens (tertiary/aromatic N) is 7. The van der Waals surface area contributed by atoms with Crippen LogP contribution < -0.4 is 16.0 Å². The van der Waals surface area contributed by atoms with Gasteiger partial charge in [-0.15, -0.1) is 0 Å². The lowest BCUT2D eigenvalue weighted by atomic mass is 10.1. The van der Waals surface area contributed by atoms with Gasteiger partial charge in [0.2, 0.25) is 11.9 Å². The predicted octanol–water partition coefficient (Wildman–Crippen LogP) is 3.03. The van der Waals surface area contributed by atoms with E-state index in [0.29, 0.717) is 5.56 Å². The van der Waals surface area contributed by atoms with Gasteiger partial charge in [0.25, 0.3) is 5.91 Å². The van der Waals surface area contributed by atoms with E-state index in [1.54, 1.807) is 44.2 Å². The zero-order valence-electron chi connectivity index (χ0n) is 30.2. The molecular formula is C32H34F2N10O10P2S2. The third kappa shape index (κ3) is 7.99. The van der Waals surface area contributed by atoms with Crippen molar-refractivity contribution in [1.82, 2.24) is 39.7 Å². The topological polar surface area (TPSA) is 240 Å². The Balaban J connectivity index is 1.02. The lowest BCUT2D eigenvalue weighted by Gasteiger charge is -2.29. The number of benzene rings is 1. The monoisotopic (exact) mass is 882 g/mol. The SMILES string of the molecule is C=C1NC(NC(=O)C(C)C)=Nc2c1ncn2[C@@H]1O[C@@H]2COP(O)(=S)O[C@H]3[C@@H](F)[C@H](n4cnc5c(NC(=O)c6ccccc6)ncnc54)O[C@@H]3COP(O)(=S)O[C@H]2[C@H]1F. The largest absolute Gasteiger partial charge is 0.346 e. The van der Waals surface area contributed by atoms with Gasteiger partial charge in [-0.2, -0.15) is 4.99 Å². The molecule has 3 aromatic heterocycles. The lowest BCUT2D eigenvalue weighted by molar-refractivity contribution is -0.122. The maximum atomic E-state index is 16.5. The van der Waals surface area contributed by atoms with E-state index < -0.39 is 81.8 Å². The summed E-state index contributed by atoms with van der Waals surface area (Å²) in [5, 5.41) is 8.12. The molecule has 0 radical (unpaired) electrons. The van der Waals surface area contributed by atoms with E-state index in [-0.39, 0.29) is 52.0 Å². The molecule has 1 aromatic carbocycles. The van der Waals surface area contributed by atoms with Gasteiger partial charge in [-0.25, -0.2) is 28.7 Å². The number of rotatable bonds is 5. The van der Waals surface area contributed by atoms with Gasteiger partial charge in [-0.3, -0.25) is 33.1 Å². The van der Waals surface area contributed by atoms with Crippen molar-refractivity contribution in [2.24, 2.45) is 10.9 Å². The van der Waals surface area contributed by atoms with Crippen molar-refractivity contribution in [3.8, 4) is 0 Å².